The van der Waals surface area contributed by atoms with Gasteiger partial charge in [-0.1, -0.05) is 61.1 Å². The predicted molar refractivity (Wildman–Crippen MR) is 112 cm³/mol. The van der Waals surface area contributed by atoms with E-state index >= 15 is 0 Å². The number of nitrogens with two attached hydrogens (primary N) is 1. The van der Waals surface area contributed by atoms with E-state index in [1.807, 2.05) is 31.2 Å². The minimum absolute atomic E-state index is 0.179. The molecular formula is C21H25NO3S2. The van der Waals surface area contributed by atoms with E-state index < -0.39 is 20.5 Å². The van der Waals surface area contributed by atoms with Gasteiger partial charge in [0.25, 0.3) is 0 Å². The lowest BCUT2D eigenvalue weighted by Crippen LogP contribution is -2.33. The zero-order valence-corrected chi connectivity index (χ0v) is 17.4. The van der Waals surface area contributed by atoms with Crippen LogP contribution >= 0.6 is 12.2 Å². The van der Waals surface area contributed by atoms with Gasteiger partial charge in [0.2, 0.25) is 0 Å². The molecular weight excluding hydrogens is 378 g/mol. The minimum atomic E-state index is -3.62. The summed E-state index contributed by atoms with van der Waals surface area (Å²) in [5.74, 6) is -0.313. The summed E-state index contributed by atoms with van der Waals surface area (Å²) < 4.78 is 32.2. The standard InChI is InChI=1S/C21H25NO3S2/c1-4-15-7-9-16(10-8-15)18-19(21(18,13-25-3)20(22)26)27(23,24)17-11-5-14(2)6-12-17/h5-12,18-19H,4,13H2,1-3H3,(H2,22,26)/t18-,19+,21-/m1/s1. The molecule has 0 unspecified atom stereocenters. The number of ether oxygens (including phenoxy) is 1. The van der Waals surface area contributed by atoms with Gasteiger partial charge >= 0.3 is 0 Å². The number of hydrogen-bond acceptors (Lipinski definition) is 4. The topological polar surface area (TPSA) is 69.4 Å². The van der Waals surface area contributed by atoms with E-state index in [1.165, 1.54) is 5.56 Å². The molecule has 144 valence electrons. The van der Waals surface area contributed by atoms with Crippen molar-refractivity contribution in [2.45, 2.75) is 36.3 Å². The lowest BCUT2D eigenvalue weighted by molar-refractivity contribution is 0.166. The van der Waals surface area contributed by atoms with Crippen LogP contribution in [-0.4, -0.2) is 32.4 Å². The van der Waals surface area contributed by atoms with Gasteiger partial charge in [-0.05, 0) is 36.6 Å². The average Bonchev–Trinajstić information content (AvgIpc) is 3.33. The SMILES string of the molecule is CCc1ccc([C@@H]2[C@H](S(=O)(=O)c3ccc(C)cc3)[C@]2(COC)C(N)=S)cc1. The summed E-state index contributed by atoms with van der Waals surface area (Å²) in [6, 6.07) is 14.9. The first-order valence-electron chi connectivity index (χ1n) is 8.97. The minimum Gasteiger partial charge on any atom is -0.393 e. The first-order chi connectivity index (χ1) is 12.8. The molecule has 0 heterocycles. The molecule has 1 fully saturated rings. The third-order valence-electron chi connectivity index (χ3n) is 5.53. The van der Waals surface area contributed by atoms with E-state index in [1.54, 1.807) is 31.4 Å². The highest BCUT2D eigenvalue weighted by molar-refractivity contribution is 7.92. The maximum absolute atomic E-state index is 13.4. The normalized spacial score (nSPS) is 24.6. The Hall–Kier alpha value is -1.76. The first kappa shape index (κ1) is 20.0. The summed E-state index contributed by atoms with van der Waals surface area (Å²) in [6.45, 7) is 4.19. The van der Waals surface area contributed by atoms with Gasteiger partial charge in [0.1, 0.15) is 0 Å². The van der Waals surface area contributed by atoms with Crippen LogP contribution in [0.15, 0.2) is 53.4 Å². The Balaban J connectivity index is 2.09. The molecule has 0 bridgehead atoms. The highest BCUT2D eigenvalue weighted by Gasteiger charge is 2.73. The van der Waals surface area contributed by atoms with Gasteiger partial charge in [-0.2, -0.15) is 0 Å². The van der Waals surface area contributed by atoms with Gasteiger partial charge in [0, 0.05) is 13.0 Å². The van der Waals surface area contributed by atoms with Crippen molar-refractivity contribution in [3.8, 4) is 0 Å². The van der Waals surface area contributed by atoms with Crippen LogP contribution in [-0.2, 0) is 21.0 Å². The molecule has 3 rings (SSSR count). The molecule has 0 aromatic heterocycles. The lowest BCUT2D eigenvalue weighted by Gasteiger charge is -2.16. The summed E-state index contributed by atoms with van der Waals surface area (Å²) in [5.41, 5.74) is 8.33. The Kier molecular flexibility index (Phi) is 5.43. The zero-order chi connectivity index (χ0) is 19.8. The Morgan fingerprint density at radius 1 is 1.15 bits per heavy atom. The Morgan fingerprint density at radius 2 is 1.74 bits per heavy atom. The maximum atomic E-state index is 13.4. The second kappa shape index (κ2) is 7.34. The smallest absolute Gasteiger partial charge is 0.182 e. The average molecular weight is 404 g/mol. The predicted octanol–water partition coefficient (Wildman–Crippen LogP) is 3.42. The molecule has 2 N–H and O–H groups in total. The molecule has 0 spiro atoms. The van der Waals surface area contributed by atoms with Gasteiger partial charge in [0.15, 0.2) is 9.84 Å². The molecule has 4 nitrogen and oxygen atoms in total. The quantitative estimate of drug-likeness (QED) is 0.718. The summed E-state index contributed by atoms with van der Waals surface area (Å²) in [5, 5.41) is -0.724. The highest BCUT2D eigenvalue weighted by atomic mass is 32.2. The molecule has 3 atom stereocenters. The molecule has 2 aromatic carbocycles. The summed E-state index contributed by atoms with van der Waals surface area (Å²) in [6.07, 6.45) is 0.925. The fourth-order valence-electron chi connectivity index (χ4n) is 3.94. The van der Waals surface area contributed by atoms with Crippen LogP contribution in [0.1, 0.15) is 29.5 Å². The largest absolute Gasteiger partial charge is 0.393 e. The van der Waals surface area contributed by atoms with Crippen LogP contribution in [0.2, 0.25) is 0 Å². The lowest BCUT2D eigenvalue weighted by atomic mass is 9.98. The summed E-state index contributed by atoms with van der Waals surface area (Å²) >= 11 is 5.34. The second-order valence-electron chi connectivity index (χ2n) is 7.19. The molecule has 0 saturated heterocycles. The van der Waals surface area contributed by atoms with Gasteiger partial charge < -0.3 is 10.5 Å². The van der Waals surface area contributed by atoms with E-state index in [2.05, 4.69) is 6.92 Å². The van der Waals surface area contributed by atoms with E-state index in [-0.39, 0.29) is 17.5 Å². The van der Waals surface area contributed by atoms with Crippen LogP contribution in [0.25, 0.3) is 0 Å². The summed E-state index contributed by atoms with van der Waals surface area (Å²) in [7, 11) is -2.07. The van der Waals surface area contributed by atoms with Crippen molar-refractivity contribution in [2.24, 2.45) is 11.1 Å². The van der Waals surface area contributed by atoms with E-state index in [0.717, 1.165) is 17.5 Å². The van der Waals surface area contributed by atoms with Crippen LogP contribution in [0.5, 0.6) is 0 Å². The van der Waals surface area contributed by atoms with E-state index in [4.69, 9.17) is 22.7 Å². The molecule has 0 aliphatic heterocycles. The fourth-order valence-corrected chi connectivity index (χ4v) is 6.71. The third-order valence-corrected chi connectivity index (χ3v) is 8.20. The molecule has 6 heteroatoms. The van der Waals surface area contributed by atoms with Crippen molar-refractivity contribution in [1.82, 2.24) is 0 Å². The number of thiocarbonyl (C=S) groups is 1. The number of sulfone groups is 1. The highest BCUT2D eigenvalue weighted by Crippen LogP contribution is 2.64. The van der Waals surface area contributed by atoms with Crippen molar-refractivity contribution in [3.05, 3.63) is 65.2 Å². The zero-order valence-electron chi connectivity index (χ0n) is 15.8. The Morgan fingerprint density at radius 3 is 2.22 bits per heavy atom. The van der Waals surface area contributed by atoms with Crippen LogP contribution in [0.3, 0.4) is 0 Å². The van der Waals surface area contributed by atoms with Gasteiger partial charge in [-0.25, -0.2) is 8.42 Å². The number of benzene rings is 2. The van der Waals surface area contributed by atoms with Gasteiger partial charge in [-0.3, -0.25) is 0 Å². The number of aryl methyl sites for hydroxylation is 2. The Bertz CT molecular complexity index is 936. The van der Waals surface area contributed by atoms with E-state index in [0.29, 0.717) is 4.90 Å². The molecule has 1 saturated carbocycles. The molecule has 2 aromatic rings. The number of rotatable bonds is 7. The van der Waals surface area contributed by atoms with E-state index in [9.17, 15) is 8.42 Å². The number of methoxy groups -OCH3 is 1. The van der Waals surface area contributed by atoms with Crippen molar-refractivity contribution in [3.63, 3.8) is 0 Å². The van der Waals surface area contributed by atoms with Crippen molar-refractivity contribution >= 4 is 27.0 Å². The van der Waals surface area contributed by atoms with Crippen molar-refractivity contribution < 1.29 is 13.2 Å². The molecule has 1 aliphatic carbocycles. The number of hydrogen-bond donors (Lipinski definition) is 1. The second-order valence-corrected chi connectivity index (χ2v) is 9.70. The maximum Gasteiger partial charge on any atom is 0.182 e. The van der Waals surface area contributed by atoms with Crippen LogP contribution in [0.4, 0.5) is 0 Å². The van der Waals surface area contributed by atoms with Crippen LogP contribution in [0, 0.1) is 12.3 Å². The van der Waals surface area contributed by atoms with Gasteiger partial charge in [-0.15, -0.1) is 0 Å². The van der Waals surface area contributed by atoms with Crippen LogP contribution < -0.4 is 5.73 Å². The van der Waals surface area contributed by atoms with Crippen molar-refractivity contribution in [2.75, 3.05) is 13.7 Å². The first-order valence-corrected chi connectivity index (χ1v) is 10.9. The van der Waals surface area contributed by atoms with Gasteiger partial charge in [0.05, 0.1) is 27.2 Å². The third kappa shape index (κ3) is 3.30. The molecule has 1 aliphatic rings. The monoisotopic (exact) mass is 403 g/mol. The molecule has 0 radical (unpaired) electrons. The van der Waals surface area contributed by atoms with Crippen molar-refractivity contribution in [1.29, 1.82) is 0 Å². The molecule has 0 amide bonds. The Labute approximate surface area is 166 Å². The summed E-state index contributed by atoms with van der Waals surface area (Å²) in [4.78, 5) is 0.483. The molecule has 27 heavy (non-hydrogen) atoms. The fraction of sp³-hybridized carbons (Fsp3) is 0.381.